The van der Waals surface area contributed by atoms with Gasteiger partial charge in [0.1, 0.15) is 6.61 Å². The maximum absolute atomic E-state index is 13.3. The van der Waals surface area contributed by atoms with Crippen molar-refractivity contribution in [3.05, 3.63) is 122 Å². The minimum absolute atomic E-state index is 0.336. The fraction of sp³-hybridized carbons (Fsp3) is 0.0645. The van der Waals surface area contributed by atoms with Crippen molar-refractivity contribution < 1.29 is 14.3 Å². The van der Waals surface area contributed by atoms with Gasteiger partial charge in [-0.3, -0.25) is 4.79 Å². The van der Waals surface area contributed by atoms with Crippen molar-refractivity contribution in [2.24, 2.45) is 5.10 Å². The van der Waals surface area contributed by atoms with Crippen molar-refractivity contribution in [3.63, 3.8) is 0 Å². The highest BCUT2D eigenvalue weighted by atomic mass is 127. The number of methoxy groups -OCH3 is 1. The van der Waals surface area contributed by atoms with Gasteiger partial charge in [-0.2, -0.15) is 5.10 Å². The van der Waals surface area contributed by atoms with E-state index in [-0.39, 0.29) is 5.91 Å². The first-order chi connectivity index (χ1) is 19.0. The Balaban J connectivity index is 1.42. The molecule has 6 nitrogen and oxygen atoms in total. The number of rotatable bonds is 8. The number of nitrogens with zero attached hydrogens (tertiary/aromatic N) is 2. The maximum Gasteiger partial charge on any atom is 0.272 e. The van der Waals surface area contributed by atoms with Gasteiger partial charge in [-0.25, -0.2) is 10.4 Å². The predicted molar refractivity (Wildman–Crippen MR) is 166 cm³/mol. The summed E-state index contributed by atoms with van der Waals surface area (Å²) in [4.78, 5) is 18.1. The summed E-state index contributed by atoms with van der Waals surface area (Å²) in [5.41, 5.74) is 7.24. The number of carbonyl (C=O) groups is 1. The summed E-state index contributed by atoms with van der Waals surface area (Å²) >= 11 is 5.66. The molecule has 0 radical (unpaired) electrons. The second kappa shape index (κ2) is 12.4. The van der Waals surface area contributed by atoms with E-state index in [1.807, 2.05) is 91.0 Å². The van der Waals surface area contributed by atoms with Crippen LogP contribution in [0.25, 0.3) is 22.2 Å². The third kappa shape index (κ3) is 6.46. The highest BCUT2D eigenvalue weighted by molar-refractivity contribution is 14.1. The molecule has 0 saturated carbocycles. The van der Waals surface area contributed by atoms with E-state index in [1.54, 1.807) is 19.4 Å². The van der Waals surface area contributed by atoms with Crippen LogP contribution in [-0.4, -0.2) is 24.2 Å². The van der Waals surface area contributed by atoms with Crippen molar-refractivity contribution in [3.8, 4) is 22.8 Å². The molecule has 0 unspecified atom stereocenters. The molecule has 0 aliphatic rings. The molecule has 194 valence electrons. The minimum atomic E-state index is -0.336. The Morgan fingerprint density at radius 1 is 1.00 bits per heavy atom. The first-order valence-electron chi connectivity index (χ1n) is 12.0. The van der Waals surface area contributed by atoms with Crippen LogP contribution in [0.5, 0.6) is 11.5 Å². The van der Waals surface area contributed by atoms with E-state index in [0.717, 1.165) is 35.8 Å². The van der Waals surface area contributed by atoms with E-state index in [2.05, 4.69) is 49.0 Å². The standard InChI is InChI=1S/C31H23BrIN3O3/c1-38-29-16-24(33)15-22(30(29)39-19-20-11-13-23(32)14-12-20)18-34-36-31(37)26-17-28(21-7-3-2-4-8-21)35-27-10-6-5-9-25(26)27/h2-18H,19H2,1H3,(H,36,37)/b34-18-. The average Bonchev–Trinajstić information content (AvgIpc) is 2.97. The third-order valence-corrected chi connectivity index (χ3v) is 7.12. The van der Waals surface area contributed by atoms with Crippen LogP contribution in [0.2, 0.25) is 0 Å². The molecule has 0 aliphatic carbocycles. The van der Waals surface area contributed by atoms with E-state index in [9.17, 15) is 4.79 Å². The van der Waals surface area contributed by atoms with Crippen molar-refractivity contribution in [2.45, 2.75) is 6.61 Å². The first kappa shape index (κ1) is 26.8. The Kier molecular flexibility index (Phi) is 8.53. The first-order valence-corrected chi connectivity index (χ1v) is 13.9. The monoisotopic (exact) mass is 691 g/mol. The summed E-state index contributed by atoms with van der Waals surface area (Å²) < 4.78 is 13.7. The molecule has 1 aromatic heterocycles. The zero-order valence-electron chi connectivity index (χ0n) is 20.9. The molecule has 1 heterocycles. The van der Waals surface area contributed by atoms with Gasteiger partial charge in [0.15, 0.2) is 11.5 Å². The molecule has 1 amide bonds. The normalized spacial score (nSPS) is 11.1. The molecule has 0 aliphatic heterocycles. The molecule has 0 spiro atoms. The van der Waals surface area contributed by atoms with Crippen molar-refractivity contribution >= 4 is 61.5 Å². The number of carbonyl (C=O) groups excluding carboxylic acids is 1. The molecular weight excluding hydrogens is 669 g/mol. The van der Waals surface area contributed by atoms with Crippen LogP contribution in [0.4, 0.5) is 0 Å². The molecule has 0 atom stereocenters. The summed E-state index contributed by atoms with van der Waals surface area (Å²) in [6, 6.07) is 30.9. The van der Waals surface area contributed by atoms with E-state index >= 15 is 0 Å². The third-order valence-electron chi connectivity index (χ3n) is 5.96. The number of amides is 1. The Bertz CT molecular complexity index is 1660. The molecule has 5 rings (SSSR count). The van der Waals surface area contributed by atoms with Crippen molar-refractivity contribution in [1.82, 2.24) is 10.4 Å². The van der Waals surface area contributed by atoms with E-state index < -0.39 is 0 Å². The summed E-state index contributed by atoms with van der Waals surface area (Å²) in [6.07, 6.45) is 1.57. The molecule has 8 heteroatoms. The molecule has 1 N–H and O–H groups in total. The minimum Gasteiger partial charge on any atom is -0.493 e. The number of ether oxygens (including phenoxy) is 2. The molecular formula is C31H23BrIN3O3. The second-order valence-corrected chi connectivity index (χ2v) is 10.7. The number of hydrogen-bond donors (Lipinski definition) is 1. The number of fused-ring (bicyclic) bond motifs is 1. The topological polar surface area (TPSA) is 72.8 Å². The lowest BCUT2D eigenvalue weighted by Crippen LogP contribution is -2.18. The van der Waals surface area contributed by atoms with Crippen LogP contribution in [0.1, 0.15) is 21.5 Å². The number of nitrogens with one attached hydrogen (secondary N) is 1. The van der Waals surface area contributed by atoms with Gasteiger partial charge >= 0.3 is 0 Å². The van der Waals surface area contributed by atoms with Crippen molar-refractivity contribution in [1.29, 1.82) is 0 Å². The van der Waals surface area contributed by atoms with E-state index in [0.29, 0.717) is 29.2 Å². The zero-order valence-corrected chi connectivity index (χ0v) is 24.6. The quantitative estimate of drug-likeness (QED) is 0.103. The number of halogens is 2. The lowest BCUT2D eigenvalue weighted by molar-refractivity contribution is 0.0956. The van der Waals surface area contributed by atoms with Crippen LogP contribution in [0, 0.1) is 3.57 Å². The van der Waals surface area contributed by atoms with Gasteiger partial charge in [0, 0.05) is 24.6 Å². The fourth-order valence-electron chi connectivity index (χ4n) is 4.07. The lowest BCUT2D eigenvalue weighted by Gasteiger charge is -2.14. The maximum atomic E-state index is 13.3. The highest BCUT2D eigenvalue weighted by Crippen LogP contribution is 2.33. The Morgan fingerprint density at radius 2 is 1.74 bits per heavy atom. The smallest absolute Gasteiger partial charge is 0.272 e. The fourth-order valence-corrected chi connectivity index (χ4v) is 4.95. The van der Waals surface area contributed by atoms with Gasteiger partial charge in [0.25, 0.3) is 5.91 Å². The number of hydrazone groups is 1. The largest absolute Gasteiger partial charge is 0.493 e. The molecule has 4 aromatic carbocycles. The number of benzene rings is 4. The summed E-state index contributed by atoms with van der Waals surface area (Å²) in [5.74, 6) is 0.788. The van der Waals surface area contributed by atoms with Crippen LogP contribution < -0.4 is 14.9 Å². The predicted octanol–water partition coefficient (Wildman–Crippen LogP) is 7.62. The SMILES string of the molecule is COc1cc(I)cc(/C=N\NC(=O)c2cc(-c3ccccc3)nc3ccccc23)c1OCc1ccc(Br)cc1. The molecule has 0 saturated heterocycles. The number of para-hydroxylation sites is 1. The Labute approximate surface area is 248 Å². The molecule has 39 heavy (non-hydrogen) atoms. The summed E-state index contributed by atoms with van der Waals surface area (Å²) in [7, 11) is 1.60. The number of pyridine rings is 1. The van der Waals surface area contributed by atoms with Gasteiger partial charge in [0.05, 0.1) is 30.1 Å². The lowest BCUT2D eigenvalue weighted by atomic mass is 10.0. The van der Waals surface area contributed by atoms with Gasteiger partial charge in [-0.1, -0.05) is 76.6 Å². The highest BCUT2D eigenvalue weighted by Gasteiger charge is 2.15. The van der Waals surface area contributed by atoms with Gasteiger partial charge in [-0.05, 0) is 64.6 Å². The van der Waals surface area contributed by atoms with Crippen LogP contribution in [0.15, 0.2) is 107 Å². The van der Waals surface area contributed by atoms with Crippen molar-refractivity contribution in [2.75, 3.05) is 7.11 Å². The van der Waals surface area contributed by atoms with Gasteiger partial charge in [-0.15, -0.1) is 0 Å². The number of aromatic nitrogens is 1. The van der Waals surface area contributed by atoms with Gasteiger partial charge in [0.2, 0.25) is 0 Å². The summed E-state index contributed by atoms with van der Waals surface area (Å²) in [6.45, 7) is 0.350. The van der Waals surface area contributed by atoms with Crippen LogP contribution in [0.3, 0.4) is 0 Å². The second-order valence-electron chi connectivity index (χ2n) is 8.58. The number of hydrogen-bond acceptors (Lipinski definition) is 5. The molecule has 0 fully saturated rings. The molecule has 5 aromatic rings. The van der Waals surface area contributed by atoms with Gasteiger partial charge < -0.3 is 9.47 Å². The van der Waals surface area contributed by atoms with Crippen LogP contribution in [-0.2, 0) is 6.61 Å². The average molecular weight is 692 g/mol. The Morgan fingerprint density at radius 3 is 2.51 bits per heavy atom. The van der Waals surface area contributed by atoms with E-state index in [1.165, 1.54) is 0 Å². The van der Waals surface area contributed by atoms with Crippen LogP contribution >= 0.6 is 38.5 Å². The Hall–Kier alpha value is -3.76. The van der Waals surface area contributed by atoms with E-state index in [4.69, 9.17) is 14.5 Å². The summed E-state index contributed by atoms with van der Waals surface area (Å²) in [5, 5.41) is 5.03. The zero-order chi connectivity index (χ0) is 27.2. The molecule has 0 bridgehead atoms.